The first-order chi connectivity index (χ1) is 14.6. The average Bonchev–Trinajstić information content (AvgIpc) is 2.77. The van der Waals surface area contributed by atoms with Gasteiger partial charge in [-0.05, 0) is 74.7 Å². The number of benzene rings is 3. The molecule has 0 heterocycles. The fraction of sp³-hybridized carbons (Fsp3) is 0.333. The minimum Gasteiger partial charge on any atom is -0.497 e. The zero-order valence-electron chi connectivity index (χ0n) is 18.5. The molecule has 0 aliphatic heterocycles. The van der Waals surface area contributed by atoms with Crippen molar-refractivity contribution in [1.82, 2.24) is 5.32 Å². The van der Waals surface area contributed by atoms with E-state index < -0.39 is 0 Å². The van der Waals surface area contributed by atoms with E-state index in [9.17, 15) is 0 Å². The summed E-state index contributed by atoms with van der Waals surface area (Å²) >= 11 is 0. The van der Waals surface area contributed by atoms with E-state index in [1.54, 1.807) is 7.11 Å². The summed E-state index contributed by atoms with van der Waals surface area (Å²) in [5.74, 6) is 2.15. The summed E-state index contributed by atoms with van der Waals surface area (Å²) in [5.41, 5.74) is 3.92. The van der Waals surface area contributed by atoms with Gasteiger partial charge in [0.2, 0.25) is 0 Å². The zero-order chi connectivity index (χ0) is 21.3. The van der Waals surface area contributed by atoms with Gasteiger partial charge in [0.25, 0.3) is 0 Å². The minimum absolute atomic E-state index is 0.185. The molecule has 1 N–H and O–H groups in total. The molecule has 0 aromatic heterocycles. The van der Waals surface area contributed by atoms with Gasteiger partial charge in [0.1, 0.15) is 11.5 Å². The maximum atomic E-state index is 5.81. The molecule has 3 nitrogen and oxygen atoms in total. The Bertz CT molecular complexity index is 873. The molecule has 3 rings (SSSR count). The van der Waals surface area contributed by atoms with Gasteiger partial charge >= 0.3 is 0 Å². The lowest BCUT2D eigenvalue weighted by Gasteiger charge is -2.21. The third-order valence-electron chi connectivity index (χ3n) is 5.36. The van der Waals surface area contributed by atoms with Gasteiger partial charge in [0.05, 0.1) is 13.2 Å². The van der Waals surface area contributed by atoms with Crippen molar-refractivity contribution in [2.24, 2.45) is 0 Å². The third kappa shape index (κ3) is 6.11. The fourth-order valence-corrected chi connectivity index (χ4v) is 3.72. The van der Waals surface area contributed by atoms with E-state index in [2.05, 4.69) is 92.8 Å². The van der Waals surface area contributed by atoms with Crippen LogP contribution in [0, 0.1) is 0 Å². The van der Waals surface area contributed by atoms with Gasteiger partial charge in [-0.2, -0.15) is 0 Å². The molecule has 0 radical (unpaired) electrons. The van der Waals surface area contributed by atoms with Crippen molar-refractivity contribution in [1.29, 1.82) is 0 Å². The first kappa shape index (κ1) is 21.9. The SMILES string of the molecule is COc1ccc([C@H](C)NCC[C@@H](c2ccccc2)c2ccc(OC(C)C)cc2)cc1. The highest BCUT2D eigenvalue weighted by Crippen LogP contribution is 2.29. The van der Waals surface area contributed by atoms with Crippen molar-refractivity contribution >= 4 is 0 Å². The summed E-state index contributed by atoms with van der Waals surface area (Å²) in [4.78, 5) is 0. The molecule has 0 aliphatic carbocycles. The van der Waals surface area contributed by atoms with Crippen LogP contribution in [-0.2, 0) is 0 Å². The van der Waals surface area contributed by atoms with Gasteiger partial charge in [-0.1, -0.05) is 54.6 Å². The molecule has 2 atom stereocenters. The second kappa shape index (κ2) is 10.8. The molecule has 0 saturated carbocycles. The van der Waals surface area contributed by atoms with Crippen LogP contribution >= 0.6 is 0 Å². The minimum atomic E-state index is 0.185. The Balaban J connectivity index is 1.67. The van der Waals surface area contributed by atoms with Gasteiger partial charge in [0.15, 0.2) is 0 Å². The van der Waals surface area contributed by atoms with Gasteiger partial charge in [-0.25, -0.2) is 0 Å². The van der Waals surface area contributed by atoms with Crippen LogP contribution < -0.4 is 14.8 Å². The molecular formula is C27H33NO2. The smallest absolute Gasteiger partial charge is 0.119 e. The molecule has 3 heteroatoms. The summed E-state index contributed by atoms with van der Waals surface area (Å²) in [6.07, 6.45) is 1.21. The van der Waals surface area contributed by atoms with Crippen LogP contribution in [0.3, 0.4) is 0 Å². The zero-order valence-corrected chi connectivity index (χ0v) is 18.5. The number of hydrogen-bond donors (Lipinski definition) is 1. The number of hydrogen-bond acceptors (Lipinski definition) is 3. The van der Waals surface area contributed by atoms with Crippen molar-refractivity contribution in [3.63, 3.8) is 0 Å². The van der Waals surface area contributed by atoms with E-state index in [0.29, 0.717) is 5.92 Å². The first-order valence-electron chi connectivity index (χ1n) is 10.8. The molecule has 3 aromatic carbocycles. The Labute approximate surface area is 181 Å². The van der Waals surface area contributed by atoms with E-state index in [0.717, 1.165) is 24.5 Å². The predicted octanol–water partition coefficient (Wildman–Crippen LogP) is 6.36. The van der Waals surface area contributed by atoms with E-state index in [4.69, 9.17) is 9.47 Å². The quantitative estimate of drug-likeness (QED) is 0.427. The average molecular weight is 404 g/mol. The van der Waals surface area contributed by atoms with Crippen LogP contribution in [-0.4, -0.2) is 19.8 Å². The summed E-state index contributed by atoms with van der Waals surface area (Å²) < 4.78 is 11.1. The molecule has 0 unspecified atom stereocenters. The van der Waals surface area contributed by atoms with Crippen molar-refractivity contribution in [2.75, 3.05) is 13.7 Å². The maximum absolute atomic E-state index is 5.81. The van der Waals surface area contributed by atoms with Crippen LogP contribution in [0.2, 0.25) is 0 Å². The van der Waals surface area contributed by atoms with Crippen LogP contribution in [0.15, 0.2) is 78.9 Å². The Morgan fingerprint density at radius 3 is 1.87 bits per heavy atom. The van der Waals surface area contributed by atoms with E-state index in [1.165, 1.54) is 16.7 Å². The highest BCUT2D eigenvalue weighted by molar-refractivity contribution is 5.36. The van der Waals surface area contributed by atoms with Crippen molar-refractivity contribution in [2.45, 2.75) is 45.3 Å². The third-order valence-corrected chi connectivity index (χ3v) is 5.36. The van der Waals surface area contributed by atoms with Gasteiger partial charge < -0.3 is 14.8 Å². The predicted molar refractivity (Wildman–Crippen MR) is 125 cm³/mol. The van der Waals surface area contributed by atoms with E-state index >= 15 is 0 Å². The second-order valence-corrected chi connectivity index (χ2v) is 7.94. The monoisotopic (exact) mass is 403 g/mol. The Morgan fingerprint density at radius 2 is 1.27 bits per heavy atom. The van der Waals surface area contributed by atoms with Crippen LogP contribution in [0.5, 0.6) is 11.5 Å². The standard InChI is InChI=1S/C27H33NO2/c1-20(2)30-26-16-12-24(13-17-26)27(23-8-6-5-7-9-23)18-19-28-21(3)22-10-14-25(29-4)15-11-22/h5-17,20-21,27-28H,18-19H2,1-4H3/t21-,27-/m0/s1. The number of ether oxygens (including phenoxy) is 2. The molecule has 0 bridgehead atoms. The molecule has 3 aromatic rings. The number of nitrogens with one attached hydrogen (secondary N) is 1. The lowest BCUT2D eigenvalue weighted by molar-refractivity contribution is 0.242. The first-order valence-corrected chi connectivity index (χ1v) is 10.8. The van der Waals surface area contributed by atoms with Crippen LogP contribution in [0.1, 0.15) is 55.8 Å². The topological polar surface area (TPSA) is 30.5 Å². The summed E-state index contributed by atoms with van der Waals surface area (Å²) in [7, 11) is 1.70. The Hall–Kier alpha value is -2.78. The second-order valence-electron chi connectivity index (χ2n) is 7.94. The Kier molecular flexibility index (Phi) is 7.92. The largest absolute Gasteiger partial charge is 0.497 e. The highest BCUT2D eigenvalue weighted by Gasteiger charge is 2.15. The van der Waals surface area contributed by atoms with Gasteiger partial charge in [-0.15, -0.1) is 0 Å². The van der Waals surface area contributed by atoms with Crippen LogP contribution in [0.25, 0.3) is 0 Å². The van der Waals surface area contributed by atoms with E-state index in [-0.39, 0.29) is 12.1 Å². The van der Waals surface area contributed by atoms with Crippen LogP contribution in [0.4, 0.5) is 0 Å². The lowest BCUT2D eigenvalue weighted by Crippen LogP contribution is -2.21. The van der Waals surface area contributed by atoms with Crippen molar-refractivity contribution in [3.8, 4) is 11.5 Å². The molecule has 0 saturated heterocycles. The fourth-order valence-electron chi connectivity index (χ4n) is 3.72. The molecule has 0 spiro atoms. The molecular weight excluding hydrogens is 370 g/mol. The summed E-state index contributed by atoms with van der Waals surface area (Å²) in [5, 5.41) is 3.68. The molecule has 0 aliphatic rings. The van der Waals surface area contributed by atoms with Gasteiger partial charge in [0, 0.05) is 12.0 Å². The summed E-state index contributed by atoms with van der Waals surface area (Å²) in [6.45, 7) is 7.24. The molecule has 158 valence electrons. The number of methoxy groups -OCH3 is 1. The summed E-state index contributed by atoms with van der Waals surface area (Å²) in [6, 6.07) is 27.9. The van der Waals surface area contributed by atoms with E-state index in [1.807, 2.05) is 12.1 Å². The van der Waals surface area contributed by atoms with Gasteiger partial charge in [-0.3, -0.25) is 0 Å². The Morgan fingerprint density at radius 1 is 0.700 bits per heavy atom. The maximum Gasteiger partial charge on any atom is 0.119 e. The molecule has 30 heavy (non-hydrogen) atoms. The highest BCUT2D eigenvalue weighted by atomic mass is 16.5. The molecule has 0 fully saturated rings. The van der Waals surface area contributed by atoms with Crippen molar-refractivity contribution < 1.29 is 9.47 Å². The molecule has 0 amide bonds. The normalized spacial score (nSPS) is 13.1. The lowest BCUT2D eigenvalue weighted by atomic mass is 9.88. The van der Waals surface area contributed by atoms with Crippen molar-refractivity contribution in [3.05, 3.63) is 95.6 Å². The number of rotatable bonds is 10.